The molecule has 45 heavy (non-hydrogen) atoms. The maximum Gasteiger partial charge on any atom is 0.338 e. The summed E-state index contributed by atoms with van der Waals surface area (Å²) in [6, 6.07) is 26.2. The number of benzene rings is 3. The van der Waals surface area contributed by atoms with E-state index in [1.165, 1.54) is 23.0 Å². The monoisotopic (exact) mass is 620 g/mol. The zero-order valence-electron chi connectivity index (χ0n) is 24.7. The Hall–Kier alpha value is -5.48. The molecule has 0 saturated heterocycles. The van der Waals surface area contributed by atoms with Crippen LogP contribution in [0.4, 0.5) is 0 Å². The number of nitrogens with zero attached hydrogens (tertiary/aromatic N) is 2. The lowest BCUT2D eigenvalue weighted by molar-refractivity contribution is -0.138. The zero-order chi connectivity index (χ0) is 31.5. The smallest absolute Gasteiger partial charge is 0.338 e. The minimum absolute atomic E-state index is 0.152. The van der Waals surface area contributed by atoms with E-state index in [9.17, 15) is 14.4 Å². The molecule has 5 aromatic rings. The quantitative estimate of drug-likeness (QED) is 0.225. The van der Waals surface area contributed by atoms with Crippen LogP contribution in [-0.4, -0.2) is 37.3 Å². The van der Waals surface area contributed by atoms with Crippen LogP contribution in [-0.2, 0) is 14.3 Å². The highest BCUT2D eigenvalue weighted by Gasteiger charge is 2.35. The van der Waals surface area contributed by atoms with Crippen molar-refractivity contribution >= 4 is 35.0 Å². The minimum Gasteiger partial charge on any atom is -0.497 e. The Morgan fingerprint density at radius 1 is 0.956 bits per heavy atom. The molecule has 2 aromatic heterocycles. The third-order valence-electron chi connectivity index (χ3n) is 7.28. The number of thiazole rings is 1. The summed E-state index contributed by atoms with van der Waals surface area (Å²) in [5.74, 6) is 0.371. The molecule has 3 aromatic carbocycles. The van der Waals surface area contributed by atoms with Crippen molar-refractivity contribution in [2.24, 2.45) is 4.99 Å². The fourth-order valence-corrected chi connectivity index (χ4v) is 6.24. The van der Waals surface area contributed by atoms with Gasteiger partial charge in [-0.1, -0.05) is 72.0 Å². The first-order chi connectivity index (χ1) is 21.9. The molecule has 1 aliphatic heterocycles. The molecule has 0 bridgehead atoms. The highest BCUT2D eigenvalue weighted by Crippen LogP contribution is 2.36. The lowest BCUT2D eigenvalue weighted by Crippen LogP contribution is -2.40. The highest BCUT2D eigenvalue weighted by atomic mass is 32.1. The molecule has 1 atom stereocenters. The molecule has 6 rings (SSSR count). The second-order valence-electron chi connectivity index (χ2n) is 9.95. The van der Waals surface area contributed by atoms with Crippen LogP contribution >= 0.6 is 11.3 Å². The Labute approximate surface area is 262 Å². The molecule has 226 valence electrons. The number of methoxy groups -OCH3 is 2. The van der Waals surface area contributed by atoms with Gasteiger partial charge in [0.25, 0.3) is 5.56 Å². The van der Waals surface area contributed by atoms with E-state index in [0.29, 0.717) is 54.6 Å². The van der Waals surface area contributed by atoms with E-state index in [-0.39, 0.29) is 17.7 Å². The number of ether oxygens (including phenoxy) is 3. The Morgan fingerprint density at radius 2 is 1.73 bits per heavy atom. The molecule has 3 heterocycles. The third-order valence-corrected chi connectivity index (χ3v) is 8.26. The number of hydrogen-bond donors (Lipinski definition) is 0. The van der Waals surface area contributed by atoms with Crippen molar-refractivity contribution in [3.63, 3.8) is 0 Å². The molecule has 0 saturated carbocycles. The van der Waals surface area contributed by atoms with Gasteiger partial charge in [0.05, 0.1) is 48.2 Å². The van der Waals surface area contributed by atoms with E-state index in [0.717, 1.165) is 0 Å². The maximum absolute atomic E-state index is 14.2. The van der Waals surface area contributed by atoms with Gasteiger partial charge >= 0.3 is 11.9 Å². The van der Waals surface area contributed by atoms with Crippen molar-refractivity contribution in [3.8, 4) is 17.1 Å². The first-order valence-corrected chi connectivity index (χ1v) is 14.9. The summed E-state index contributed by atoms with van der Waals surface area (Å²) in [4.78, 5) is 45.4. The summed E-state index contributed by atoms with van der Waals surface area (Å²) >= 11 is 1.18. The predicted octanol–water partition coefficient (Wildman–Crippen LogP) is 4.99. The summed E-state index contributed by atoms with van der Waals surface area (Å²) in [7, 11) is 2.88. The number of furan rings is 1. The van der Waals surface area contributed by atoms with Crippen molar-refractivity contribution in [1.82, 2.24) is 4.57 Å². The van der Waals surface area contributed by atoms with Crippen LogP contribution in [0, 0.1) is 0 Å². The van der Waals surface area contributed by atoms with Gasteiger partial charge in [-0.15, -0.1) is 0 Å². The van der Waals surface area contributed by atoms with Gasteiger partial charge in [0, 0.05) is 17.2 Å². The van der Waals surface area contributed by atoms with E-state index in [1.54, 1.807) is 68.6 Å². The van der Waals surface area contributed by atoms with Crippen LogP contribution in [0.25, 0.3) is 23.1 Å². The second-order valence-corrected chi connectivity index (χ2v) is 11.0. The Balaban J connectivity index is 1.55. The van der Waals surface area contributed by atoms with Crippen LogP contribution in [0.3, 0.4) is 0 Å². The zero-order valence-corrected chi connectivity index (χ0v) is 25.5. The average Bonchev–Trinajstić information content (AvgIpc) is 3.67. The van der Waals surface area contributed by atoms with Gasteiger partial charge in [0.2, 0.25) is 0 Å². The molecule has 0 unspecified atom stereocenters. The van der Waals surface area contributed by atoms with Crippen LogP contribution in [0.15, 0.2) is 111 Å². The standard InChI is InChI=1S/C35H28N2O7S/c1-4-43-34(40)29-30(21-11-6-5-7-12-21)36-35-37(31(29)22-13-10-14-23(19-22)41-2)32(38)28(45-35)20-24-17-18-27(44-24)25-15-8-9-16-26(25)33(39)42-3/h5-20,31H,4H2,1-3H3/b28-20+/t31-/m1/s1. The van der Waals surface area contributed by atoms with Gasteiger partial charge in [0.1, 0.15) is 17.3 Å². The van der Waals surface area contributed by atoms with Gasteiger partial charge in [-0.25, -0.2) is 14.6 Å². The Kier molecular flexibility index (Phi) is 8.30. The molecule has 1 aliphatic rings. The molecule has 10 heteroatoms. The Bertz CT molecular complexity index is 2120. The lowest BCUT2D eigenvalue weighted by atomic mass is 9.93. The van der Waals surface area contributed by atoms with Crippen molar-refractivity contribution < 1.29 is 28.2 Å². The summed E-state index contributed by atoms with van der Waals surface area (Å²) in [6.45, 7) is 1.89. The number of fused-ring (bicyclic) bond motifs is 1. The molecular formula is C35H28N2O7S. The number of rotatable bonds is 8. The lowest BCUT2D eigenvalue weighted by Gasteiger charge is -2.26. The van der Waals surface area contributed by atoms with Crippen molar-refractivity contribution in [2.45, 2.75) is 13.0 Å². The maximum atomic E-state index is 14.2. The van der Waals surface area contributed by atoms with Crippen molar-refractivity contribution in [1.29, 1.82) is 0 Å². The number of aromatic nitrogens is 1. The molecule has 0 spiro atoms. The normalized spacial score (nSPS) is 14.5. The van der Waals surface area contributed by atoms with Gasteiger partial charge < -0.3 is 18.6 Å². The van der Waals surface area contributed by atoms with E-state index in [1.807, 2.05) is 42.5 Å². The minimum atomic E-state index is -0.841. The first kappa shape index (κ1) is 29.6. The van der Waals surface area contributed by atoms with Crippen LogP contribution in [0.2, 0.25) is 0 Å². The fourth-order valence-electron chi connectivity index (χ4n) is 5.26. The summed E-state index contributed by atoms with van der Waals surface area (Å²) in [5, 5.41) is 0. The molecule has 0 amide bonds. The van der Waals surface area contributed by atoms with Crippen LogP contribution in [0.5, 0.6) is 5.75 Å². The van der Waals surface area contributed by atoms with Crippen LogP contribution < -0.4 is 19.6 Å². The first-order valence-electron chi connectivity index (χ1n) is 14.1. The van der Waals surface area contributed by atoms with Crippen molar-refractivity contribution in [2.75, 3.05) is 20.8 Å². The molecule has 0 fully saturated rings. The summed E-state index contributed by atoms with van der Waals surface area (Å²) in [6.07, 6.45) is 1.63. The van der Waals surface area contributed by atoms with Gasteiger partial charge in [-0.2, -0.15) is 0 Å². The molecule has 0 radical (unpaired) electrons. The van der Waals surface area contributed by atoms with E-state index >= 15 is 0 Å². The largest absolute Gasteiger partial charge is 0.497 e. The molecule has 0 aliphatic carbocycles. The van der Waals surface area contributed by atoms with Gasteiger partial charge in [0.15, 0.2) is 4.80 Å². The fraction of sp³-hybridized carbons (Fsp3) is 0.143. The molecule has 9 nitrogen and oxygen atoms in total. The van der Waals surface area contributed by atoms with E-state index in [2.05, 4.69) is 0 Å². The van der Waals surface area contributed by atoms with Gasteiger partial charge in [-0.3, -0.25) is 9.36 Å². The molecule has 0 N–H and O–H groups in total. The number of esters is 2. The summed E-state index contributed by atoms with van der Waals surface area (Å²) < 4.78 is 23.9. The predicted molar refractivity (Wildman–Crippen MR) is 170 cm³/mol. The average molecular weight is 621 g/mol. The number of hydrogen-bond acceptors (Lipinski definition) is 9. The van der Waals surface area contributed by atoms with Crippen LogP contribution in [0.1, 0.15) is 40.2 Å². The second kappa shape index (κ2) is 12.6. The van der Waals surface area contributed by atoms with Gasteiger partial charge in [-0.05, 0) is 42.8 Å². The van der Waals surface area contributed by atoms with E-state index in [4.69, 9.17) is 23.6 Å². The highest BCUT2D eigenvalue weighted by molar-refractivity contribution is 7.07. The number of carbonyl (C=O) groups excluding carboxylic acids is 2. The topological polar surface area (TPSA) is 109 Å². The van der Waals surface area contributed by atoms with E-state index < -0.39 is 18.0 Å². The van der Waals surface area contributed by atoms with Crippen molar-refractivity contribution in [3.05, 3.63) is 139 Å². The summed E-state index contributed by atoms with van der Waals surface area (Å²) in [5.41, 5.74) is 2.62. The molecular weight excluding hydrogens is 592 g/mol. The Morgan fingerprint density at radius 3 is 2.49 bits per heavy atom. The number of carbonyl (C=O) groups is 2. The third kappa shape index (κ3) is 5.63. The SMILES string of the molecule is CCOC(=O)C1=C(c2ccccc2)N=c2s/c(=C/c3ccc(-c4ccccc4C(=O)OC)o3)c(=O)n2[C@@H]1c1cccc(OC)c1.